The van der Waals surface area contributed by atoms with E-state index in [0.717, 1.165) is 11.3 Å². The molecule has 1 aromatic rings. The van der Waals surface area contributed by atoms with Gasteiger partial charge in [0.2, 0.25) is 0 Å². The second-order valence-corrected chi connectivity index (χ2v) is 5.20. The highest BCUT2D eigenvalue weighted by Crippen LogP contribution is 2.09. The van der Waals surface area contributed by atoms with Crippen LogP contribution in [-0.4, -0.2) is 16.0 Å². The van der Waals surface area contributed by atoms with Gasteiger partial charge in [-0.1, -0.05) is 17.7 Å². The molecule has 0 saturated carbocycles. The largest absolute Gasteiger partial charge is 0.328 e. The molecule has 2 unspecified atom stereocenters. The lowest BCUT2D eigenvalue weighted by atomic mass is 10.2. The van der Waals surface area contributed by atoms with Gasteiger partial charge in [-0.3, -0.25) is 4.21 Å². The highest BCUT2D eigenvalue weighted by atomic mass is 32.2. The van der Waals surface area contributed by atoms with Gasteiger partial charge in [-0.05, 0) is 32.4 Å². The standard InChI is InChI=1S/C11H17NOS/c1-9-3-5-11(6-4-9)14(13)8-7-10(2)12/h3-6,10H,7-8,12H2,1-2H3. The molecule has 1 rings (SSSR count). The molecular formula is C11H17NOS. The van der Waals surface area contributed by atoms with E-state index in [-0.39, 0.29) is 6.04 Å². The predicted octanol–water partition coefficient (Wildman–Crippen LogP) is 1.84. The van der Waals surface area contributed by atoms with E-state index < -0.39 is 10.8 Å². The molecule has 3 heteroatoms. The van der Waals surface area contributed by atoms with Crippen LogP contribution in [0, 0.1) is 6.92 Å². The summed E-state index contributed by atoms with van der Waals surface area (Å²) in [6.45, 7) is 3.96. The van der Waals surface area contributed by atoms with Gasteiger partial charge in [-0.25, -0.2) is 0 Å². The Hall–Kier alpha value is -0.670. The number of nitrogens with two attached hydrogens (primary N) is 1. The molecule has 0 aliphatic heterocycles. The highest BCUT2D eigenvalue weighted by molar-refractivity contribution is 7.85. The van der Waals surface area contributed by atoms with Crippen molar-refractivity contribution in [2.45, 2.75) is 31.2 Å². The Labute approximate surface area is 88.0 Å². The van der Waals surface area contributed by atoms with E-state index in [1.54, 1.807) is 0 Å². The van der Waals surface area contributed by atoms with E-state index in [4.69, 9.17) is 5.73 Å². The SMILES string of the molecule is Cc1ccc(S(=O)CCC(C)N)cc1. The van der Waals surface area contributed by atoms with Gasteiger partial charge in [0.15, 0.2) is 0 Å². The van der Waals surface area contributed by atoms with E-state index in [1.807, 2.05) is 38.1 Å². The molecule has 0 aromatic heterocycles. The Kier molecular flexibility index (Phi) is 4.29. The first-order chi connectivity index (χ1) is 6.59. The van der Waals surface area contributed by atoms with Gasteiger partial charge in [0.1, 0.15) is 0 Å². The van der Waals surface area contributed by atoms with Crippen LogP contribution in [0.4, 0.5) is 0 Å². The van der Waals surface area contributed by atoms with E-state index in [9.17, 15) is 4.21 Å². The molecule has 0 aliphatic rings. The fourth-order valence-corrected chi connectivity index (χ4v) is 2.36. The van der Waals surface area contributed by atoms with Gasteiger partial charge in [0.25, 0.3) is 0 Å². The summed E-state index contributed by atoms with van der Waals surface area (Å²) >= 11 is 0. The van der Waals surface area contributed by atoms with Crippen LogP contribution in [0.15, 0.2) is 29.2 Å². The van der Waals surface area contributed by atoms with Crippen molar-refractivity contribution in [3.63, 3.8) is 0 Å². The zero-order chi connectivity index (χ0) is 10.6. The van der Waals surface area contributed by atoms with Crippen LogP contribution >= 0.6 is 0 Å². The molecule has 2 atom stereocenters. The lowest BCUT2D eigenvalue weighted by Crippen LogP contribution is -2.17. The Morgan fingerprint density at radius 1 is 1.36 bits per heavy atom. The fraction of sp³-hybridized carbons (Fsp3) is 0.455. The fourth-order valence-electron chi connectivity index (χ4n) is 1.10. The minimum atomic E-state index is -0.892. The van der Waals surface area contributed by atoms with Crippen LogP contribution in [-0.2, 0) is 10.8 Å². The Morgan fingerprint density at radius 2 is 1.93 bits per heavy atom. The van der Waals surface area contributed by atoms with Crippen molar-refractivity contribution >= 4 is 10.8 Å². The molecule has 0 aliphatic carbocycles. The average Bonchev–Trinajstić information content (AvgIpc) is 2.15. The van der Waals surface area contributed by atoms with E-state index >= 15 is 0 Å². The molecule has 2 N–H and O–H groups in total. The first kappa shape index (κ1) is 11.4. The van der Waals surface area contributed by atoms with E-state index in [2.05, 4.69) is 0 Å². The van der Waals surface area contributed by atoms with Gasteiger partial charge in [0.05, 0.1) is 10.8 Å². The second-order valence-electron chi connectivity index (χ2n) is 3.63. The third-order valence-electron chi connectivity index (χ3n) is 2.04. The number of hydrogen-bond acceptors (Lipinski definition) is 2. The van der Waals surface area contributed by atoms with Crippen molar-refractivity contribution in [3.05, 3.63) is 29.8 Å². The van der Waals surface area contributed by atoms with Crippen molar-refractivity contribution in [1.82, 2.24) is 0 Å². The summed E-state index contributed by atoms with van der Waals surface area (Å²) in [6, 6.07) is 7.95. The lowest BCUT2D eigenvalue weighted by molar-refractivity contribution is 0.668. The molecule has 0 amide bonds. The number of rotatable bonds is 4. The first-order valence-corrected chi connectivity index (χ1v) is 6.12. The zero-order valence-electron chi connectivity index (χ0n) is 8.69. The van der Waals surface area contributed by atoms with Gasteiger partial charge in [0, 0.05) is 16.7 Å². The molecule has 0 saturated heterocycles. The molecule has 0 bridgehead atoms. The number of aryl methyl sites for hydroxylation is 1. The zero-order valence-corrected chi connectivity index (χ0v) is 9.51. The summed E-state index contributed by atoms with van der Waals surface area (Å²) in [4.78, 5) is 0.899. The molecule has 14 heavy (non-hydrogen) atoms. The quantitative estimate of drug-likeness (QED) is 0.825. The summed E-state index contributed by atoms with van der Waals surface area (Å²) in [7, 11) is -0.892. The van der Waals surface area contributed by atoms with Crippen molar-refractivity contribution in [2.24, 2.45) is 5.73 Å². The third-order valence-corrected chi connectivity index (χ3v) is 3.45. The number of benzene rings is 1. The Morgan fingerprint density at radius 3 is 2.43 bits per heavy atom. The Balaban J connectivity index is 2.57. The van der Waals surface area contributed by atoms with Crippen LogP contribution in [0.25, 0.3) is 0 Å². The van der Waals surface area contributed by atoms with Crippen LogP contribution < -0.4 is 5.73 Å². The summed E-state index contributed by atoms with van der Waals surface area (Å²) in [6.07, 6.45) is 0.806. The summed E-state index contributed by atoms with van der Waals surface area (Å²) in [5, 5.41) is 0. The third kappa shape index (κ3) is 3.60. The van der Waals surface area contributed by atoms with Gasteiger partial charge < -0.3 is 5.73 Å². The second kappa shape index (κ2) is 5.27. The molecule has 2 nitrogen and oxygen atoms in total. The van der Waals surface area contributed by atoms with Gasteiger partial charge in [-0.2, -0.15) is 0 Å². The van der Waals surface area contributed by atoms with Crippen molar-refractivity contribution in [2.75, 3.05) is 5.75 Å². The maximum absolute atomic E-state index is 11.7. The molecule has 78 valence electrons. The van der Waals surface area contributed by atoms with Crippen LogP contribution in [0.3, 0.4) is 0 Å². The normalized spacial score (nSPS) is 15.1. The maximum atomic E-state index is 11.7. The van der Waals surface area contributed by atoms with Crippen LogP contribution in [0.2, 0.25) is 0 Å². The monoisotopic (exact) mass is 211 g/mol. The van der Waals surface area contributed by atoms with Gasteiger partial charge >= 0.3 is 0 Å². The van der Waals surface area contributed by atoms with Crippen molar-refractivity contribution in [1.29, 1.82) is 0 Å². The summed E-state index contributed by atoms with van der Waals surface area (Å²) in [5.41, 5.74) is 6.80. The van der Waals surface area contributed by atoms with Crippen LogP contribution in [0.5, 0.6) is 0 Å². The Bertz CT molecular complexity index is 306. The topological polar surface area (TPSA) is 43.1 Å². The minimum Gasteiger partial charge on any atom is -0.328 e. The summed E-state index contributed by atoms with van der Waals surface area (Å²) in [5.74, 6) is 0.653. The molecule has 1 aromatic carbocycles. The van der Waals surface area contributed by atoms with Crippen molar-refractivity contribution in [3.8, 4) is 0 Å². The first-order valence-electron chi connectivity index (χ1n) is 4.80. The molecule has 0 radical (unpaired) electrons. The summed E-state index contributed by atoms with van der Waals surface area (Å²) < 4.78 is 11.7. The smallest absolute Gasteiger partial charge is 0.0530 e. The molecule has 0 spiro atoms. The van der Waals surface area contributed by atoms with Gasteiger partial charge in [-0.15, -0.1) is 0 Å². The molecular weight excluding hydrogens is 194 g/mol. The van der Waals surface area contributed by atoms with E-state index in [0.29, 0.717) is 5.75 Å². The molecule has 0 heterocycles. The predicted molar refractivity (Wildman–Crippen MR) is 60.7 cm³/mol. The van der Waals surface area contributed by atoms with Crippen molar-refractivity contribution < 1.29 is 4.21 Å². The van der Waals surface area contributed by atoms with E-state index in [1.165, 1.54) is 5.56 Å². The highest BCUT2D eigenvalue weighted by Gasteiger charge is 2.04. The lowest BCUT2D eigenvalue weighted by Gasteiger charge is -2.05. The minimum absolute atomic E-state index is 0.129. The average molecular weight is 211 g/mol. The number of hydrogen-bond donors (Lipinski definition) is 1. The maximum Gasteiger partial charge on any atom is 0.0530 e. The van der Waals surface area contributed by atoms with Crippen LogP contribution in [0.1, 0.15) is 18.9 Å². The molecule has 0 fully saturated rings.